The molecule has 1 amide bonds. The van der Waals surface area contributed by atoms with Crippen LogP contribution in [-0.4, -0.2) is 12.5 Å². The average Bonchev–Trinajstić information content (AvgIpc) is 2.88. The first-order valence-corrected chi connectivity index (χ1v) is 5.62. The number of carbonyl (C=O) groups is 1. The van der Waals surface area contributed by atoms with Crippen molar-refractivity contribution in [1.29, 1.82) is 0 Å². The summed E-state index contributed by atoms with van der Waals surface area (Å²) in [5, 5.41) is 4.00. The molecular weight excluding hydrogens is 233 g/mol. The highest BCUT2D eigenvalue weighted by atomic mass is 35.5. The SMILES string of the molecule is O=C1NC[C@]2(c3ccc(Cl)c(Cl)c3)C[C@H]12. The lowest BCUT2D eigenvalue weighted by Gasteiger charge is -2.12. The van der Waals surface area contributed by atoms with Gasteiger partial charge in [-0.05, 0) is 24.1 Å². The third-order valence-corrected chi connectivity index (χ3v) is 4.20. The van der Waals surface area contributed by atoms with Crippen LogP contribution in [0.25, 0.3) is 0 Å². The summed E-state index contributed by atoms with van der Waals surface area (Å²) in [6, 6.07) is 5.64. The van der Waals surface area contributed by atoms with Gasteiger partial charge in [0.15, 0.2) is 0 Å². The largest absolute Gasteiger partial charge is 0.355 e. The lowest BCUT2D eigenvalue weighted by atomic mass is 9.95. The Kier molecular flexibility index (Phi) is 1.83. The van der Waals surface area contributed by atoms with Gasteiger partial charge < -0.3 is 5.32 Å². The van der Waals surface area contributed by atoms with E-state index in [1.165, 1.54) is 0 Å². The van der Waals surface area contributed by atoms with Gasteiger partial charge in [0.05, 0.1) is 16.0 Å². The molecule has 1 heterocycles. The van der Waals surface area contributed by atoms with E-state index >= 15 is 0 Å². The number of hydrogen-bond donors (Lipinski definition) is 1. The molecule has 3 rings (SSSR count). The van der Waals surface area contributed by atoms with Gasteiger partial charge in [0.25, 0.3) is 0 Å². The molecule has 2 nitrogen and oxygen atoms in total. The number of nitrogens with one attached hydrogen (secondary N) is 1. The molecule has 1 N–H and O–H groups in total. The van der Waals surface area contributed by atoms with Gasteiger partial charge >= 0.3 is 0 Å². The van der Waals surface area contributed by atoms with E-state index in [1.807, 2.05) is 12.1 Å². The second-order valence-corrected chi connectivity index (χ2v) is 5.07. The van der Waals surface area contributed by atoms with Crippen molar-refractivity contribution in [1.82, 2.24) is 5.32 Å². The van der Waals surface area contributed by atoms with Crippen LogP contribution in [0.4, 0.5) is 0 Å². The van der Waals surface area contributed by atoms with Gasteiger partial charge in [-0.15, -0.1) is 0 Å². The summed E-state index contributed by atoms with van der Waals surface area (Å²) < 4.78 is 0. The molecule has 78 valence electrons. The predicted molar refractivity (Wildman–Crippen MR) is 59.3 cm³/mol. The number of piperidine rings is 1. The highest BCUT2D eigenvalue weighted by Gasteiger charge is 2.63. The first kappa shape index (κ1) is 9.49. The Balaban J connectivity index is 2.01. The van der Waals surface area contributed by atoms with Crippen LogP contribution < -0.4 is 5.32 Å². The fourth-order valence-electron chi connectivity index (χ4n) is 2.44. The minimum atomic E-state index is 0.00527. The third-order valence-electron chi connectivity index (χ3n) is 3.46. The number of carbonyl (C=O) groups excluding carboxylic acids is 1. The number of hydrogen-bond acceptors (Lipinski definition) is 1. The summed E-state index contributed by atoms with van der Waals surface area (Å²) in [4.78, 5) is 11.4. The molecule has 0 aromatic heterocycles. The van der Waals surface area contributed by atoms with Gasteiger partial charge in [0, 0.05) is 12.0 Å². The monoisotopic (exact) mass is 241 g/mol. The van der Waals surface area contributed by atoms with Gasteiger partial charge in [-0.1, -0.05) is 29.3 Å². The fourth-order valence-corrected chi connectivity index (χ4v) is 2.74. The molecule has 1 aromatic carbocycles. The average molecular weight is 242 g/mol. The van der Waals surface area contributed by atoms with Crippen LogP contribution in [-0.2, 0) is 10.2 Å². The van der Waals surface area contributed by atoms with Gasteiger partial charge in [-0.2, -0.15) is 0 Å². The highest BCUT2D eigenvalue weighted by molar-refractivity contribution is 6.42. The lowest BCUT2D eigenvalue weighted by molar-refractivity contribution is -0.120. The van der Waals surface area contributed by atoms with E-state index < -0.39 is 0 Å². The van der Waals surface area contributed by atoms with Crippen molar-refractivity contribution < 1.29 is 4.79 Å². The molecular formula is C11H9Cl2NO. The maximum Gasteiger partial charge on any atom is 0.224 e. The third kappa shape index (κ3) is 1.21. The molecule has 1 aliphatic carbocycles. The maximum atomic E-state index is 11.4. The number of amides is 1. The van der Waals surface area contributed by atoms with Crippen LogP contribution in [0.15, 0.2) is 18.2 Å². The van der Waals surface area contributed by atoms with Crippen molar-refractivity contribution in [3.05, 3.63) is 33.8 Å². The Morgan fingerprint density at radius 3 is 2.67 bits per heavy atom. The number of rotatable bonds is 1. The molecule has 0 unspecified atom stereocenters. The van der Waals surface area contributed by atoms with E-state index in [9.17, 15) is 4.79 Å². The van der Waals surface area contributed by atoms with E-state index in [2.05, 4.69) is 5.32 Å². The Hall–Kier alpha value is -0.730. The van der Waals surface area contributed by atoms with Crippen LogP contribution in [0.1, 0.15) is 12.0 Å². The van der Waals surface area contributed by atoms with Crippen molar-refractivity contribution in [2.24, 2.45) is 5.92 Å². The number of halogens is 2. The van der Waals surface area contributed by atoms with Gasteiger partial charge in [-0.3, -0.25) is 4.79 Å². The summed E-state index contributed by atoms with van der Waals surface area (Å²) in [5.74, 6) is 0.316. The summed E-state index contributed by atoms with van der Waals surface area (Å²) in [5.41, 5.74) is 1.13. The minimum Gasteiger partial charge on any atom is -0.355 e. The Morgan fingerprint density at radius 1 is 1.33 bits per heavy atom. The molecule has 0 spiro atoms. The molecule has 2 atom stereocenters. The normalized spacial score (nSPS) is 32.4. The maximum absolute atomic E-state index is 11.4. The molecule has 0 radical (unpaired) electrons. The molecule has 1 aromatic rings. The zero-order valence-electron chi connectivity index (χ0n) is 7.89. The van der Waals surface area contributed by atoms with Crippen molar-refractivity contribution >= 4 is 29.1 Å². The molecule has 1 saturated carbocycles. The number of benzene rings is 1. The predicted octanol–water partition coefficient (Wildman–Crippen LogP) is 2.38. The molecule has 15 heavy (non-hydrogen) atoms. The fraction of sp³-hybridized carbons (Fsp3) is 0.364. The highest BCUT2D eigenvalue weighted by Crippen LogP contribution is 2.57. The molecule has 2 fully saturated rings. The van der Waals surface area contributed by atoms with Crippen LogP contribution >= 0.6 is 23.2 Å². The lowest BCUT2D eigenvalue weighted by Crippen LogP contribution is -2.22. The smallest absolute Gasteiger partial charge is 0.224 e. The standard InChI is InChI=1S/C11H9Cl2NO/c12-8-2-1-6(3-9(8)13)11-4-7(11)10(15)14-5-11/h1-3,7H,4-5H2,(H,14,15)/t7-,11+/m1/s1. The van der Waals surface area contributed by atoms with E-state index in [1.54, 1.807) is 6.07 Å². The first-order valence-electron chi connectivity index (χ1n) is 4.87. The van der Waals surface area contributed by atoms with Gasteiger partial charge in [-0.25, -0.2) is 0 Å². The van der Waals surface area contributed by atoms with Crippen LogP contribution in [0, 0.1) is 5.92 Å². The van der Waals surface area contributed by atoms with Crippen LogP contribution in [0.3, 0.4) is 0 Å². The zero-order chi connectivity index (χ0) is 10.6. The van der Waals surface area contributed by atoms with Crippen molar-refractivity contribution in [3.8, 4) is 0 Å². The molecule has 0 bridgehead atoms. The quantitative estimate of drug-likeness (QED) is 0.804. The van der Waals surface area contributed by atoms with Gasteiger partial charge in [0.1, 0.15) is 0 Å². The second kappa shape index (κ2) is 2.89. The topological polar surface area (TPSA) is 29.1 Å². The van der Waals surface area contributed by atoms with Crippen molar-refractivity contribution in [2.45, 2.75) is 11.8 Å². The zero-order valence-corrected chi connectivity index (χ0v) is 9.40. The van der Waals surface area contributed by atoms with Crippen molar-refractivity contribution in [3.63, 3.8) is 0 Å². The molecule has 1 aliphatic heterocycles. The van der Waals surface area contributed by atoms with E-state index in [0.29, 0.717) is 10.0 Å². The summed E-state index contributed by atoms with van der Waals surface area (Å²) in [6.07, 6.45) is 0.941. The summed E-state index contributed by atoms with van der Waals surface area (Å²) in [6.45, 7) is 0.731. The van der Waals surface area contributed by atoms with Gasteiger partial charge in [0.2, 0.25) is 5.91 Å². The molecule has 1 saturated heterocycles. The van der Waals surface area contributed by atoms with Crippen LogP contribution in [0.5, 0.6) is 0 Å². The molecule has 2 aliphatic rings. The second-order valence-electron chi connectivity index (χ2n) is 4.26. The Morgan fingerprint density at radius 2 is 2.13 bits per heavy atom. The Bertz CT molecular complexity index is 460. The van der Waals surface area contributed by atoms with E-state index in [-0.39, 0.29) is 17.2 Å². The summed E-state index contributed by atoms with van der Waals surface area (Å²) in [7, 11) is 0. The van der Waals surface area contributed by atoms with E-state index in [4.69, 9.17) is 23.2 Å². The van der Waals surface area contributed by atoms with Crippen molar-refractivity contribution in [2.75, 3.05) is 6.54 Å². The summed E-state index contributed by atoms with van der Waals surface area (Å²) >= 11 is 11.8. The minimum absolute atomic E-state index is 0.00527. The first-order chi connectivity index (χ1) is 7.13. The molecule has 4 heteroatoms. The van der Waals surface area contributed by atoms with Crippen LogP contribution in [0.2, 0.25) is 10.0 Å². The Labute approximate surface area is 97.6 Å². The number of fused-ring (bicyclic) bond motifs is 1. The van der Waals surface area contributed by atoms with E-state index in [0.717, 1.165) is 18.5 Å².